The second kappa shape index (κ2) is 5.92. The Morgan fingerprint density at radius 3 is 2.56 bits per heavy atom. The number of hydrogen-bond acceptors (Lipinski definition) is 3. The van der Waals surface area contributed by atoms with E-state index in [1.54, 1.807) is 6.07 Å². The SMILES string of the molecule is Cc1ccc(-c2cccc(NC(=O)[C@H]3[C@@H](C(=O)O)[C@@H]4C=C[C@H]3C4)c2)o1. The zero-order chi connectivity index (χ0) is 17.6. The number of nitrogens with one attached hydrogen (secondary N) is 1. The maximum atomic E-state index is 12.7. The molecule has 1 saturated carbocycles. The zero-order valence-corrected chi connectivity index (χ0v) is 13.8. The van der Waals surface area contributed by atoms with Crippen molar-refractivity contribution in [3.63, 3.8) is 0 Å². The summed E-state index contributed by atoms with van der Waals surface area (Å²) in [4.78, 5) is 24.3. The van der Waals surface area contributed by atoms with Crippen LogP contribution in [0.25, 0.3) is 11.3 Å². The molecule has 5 heteroatoms. The molecule has 25 heavy (non-hydrogen) atoms. The van der Waals surface area contributed by atoms with E-state index < -0.39 is 17.8 Å². The lowest BCUT2D eigenvalue weighted by Gasteiger charge is -2.23. The number of carbonyl (C=O) groups excluding carboxylic acids is 1. The summed E-state index contributed by atoms with van der Waals surface area (Å²) in [5.41, 5.74) is 1.51. The van der Waals surface area contributed by atoms with Crippen LogP contribution in [0.2, 0.25) is 0 Å². The fourth-order valence-electron chi connectivity index (χ4n) is 4.08. The molecule has 0 unspecified atom stereocenters. The first-order valence-electron chi connectivity index (χ1n) is 8.42. The normalized spacial score (nSPS) is 26.8. The van der Waals surface area contributed by atoms with E-state index in [0.717, 1.165) is 23.5 Å². The van der Waals surface area contributed by atoms with Crippen molar-refractivity contribution in [1.29, 1.82) is 0 Å². The predicted molar refractivity (Wildman–Crippen MR) is 92.9 cm³/mol. The van der Waals surface area contributed by atoms with E-state index in [1.807, 2.05) is 49.4 Å². The van der Waals surface area contributed by atoms with Crippen LogP contribution in [0.15, 0.2) is 53.0 Å². The van der Waals surface area contributed by atoms with Crippen molar-refractivity contribution in [3.05, 3.63) is 54.3 Å². The van der Waals surface area contributed by atoms with Crippen molar-refractivity contribution in [2.45, 2.75) is 13.3 Å². The van der Waals surface area contributed by atoms with E-state index in [9.17, 15) is 14.7 Å². The number of aliphatic carboxylic acids is 1. The van der Waals surface area contributed by atoms with Gasteiger partial charge < -0.3 is 14.8 Å². The van der Waals surface area contributed by atoms with Crippen molar-refractivity contribution in [2.24, 2.45) is 23.7 Å². The van der Waals surface area contributed by atoms with Crippen LogP contribution in [0.5, 0.6) is 0 Å². The van der Waals surface area contributed by atoms with E-state index in [1.165, 1.54) is 0 Å². The maximum absolute atomic E-state index is 12.7. The van der Waals surface area contributed by atoms with Gasteiger partial charge in [-0.05, 0) is 49.4 Å². The third kappa shape index (κ3) is 2.76. The van der Waals surface area contributed by atoms with E-state index in [0.29, 0.717) is 5.69 Å². The minimum absolute atomic E-state index is 0.0157. The summed E-state index contributed by atoms with van der Waals surface area (Å²) >= 11 is 0. The second-order valence-corrected chi connectivity index (χ2v) is 6.82. The van der Waals surface area contributed by atoms with Crippen molar-refractivity contribution in [3.8, 4) is 11.3 Å². The molecule has 0 radical (unpaired) electrons. The number of aryl methyl sites for hydroxylation is 1. The van der Waals surface area contributed by atoms with Crippen LogP contribution in [0.1, 0.15) is 12.2 Å². The molecule has 1 aromatic carbocycles. The molecule has 0 spiro atoms. The highest BCUT2D eigenvalue weighted by Gasteiger charge is 2.51. The van der Waals surface area contributed by atoms with Crippen molar-refractivity contribution >= 4 is 17.6 Å². The summed E-state index contributed by atoms with van der Waals surface area (Å²) in [6, 6.07) is 11.2. The second-order valence-electron chi connectivity index (χ2n) is 6.82. The topological polar surface area (TPSA) is 79.5 Å². The largest absolute Gasteiger partial charge is 0.481 e. The lowest BCUT2D eigenvalue weighted by Crippen LogP contribution is -2.36. The van der Waals surface area contributed by atoms with Gasteiger partial charge in [-0.1, -0.05) is 24.3 Å². The number of carboxylic acid groups (broad SMARTS) is 1. The van der Waals surface area contributed by atoms with Crippen LogP contribution in [0, 0.1) is 30.6 Å². The predicted octanol–water partition coefficient (Wildman–Crippen LogP) is 3.72. The maximum Gasteiger partial charge on any atom is 0.307 e. The molecule has 0 aliphatic heterocycles. The average molecular weight is 337 g/mol. The van der Waals surface area contributed by atoms with Gasteiger partial charge in [0.05, 0.1) is 11.8 Å². The summed E-state index contributed by atoms with van der Waals surface area (Å²) in [5.74, 6) is -0.721. The molecule has 2 aromatic rings. The first kappa shape index (κ1) is 15.7. The Labute approximate surface area is 145 Å². The van der Waals surface area contributed by atoms with Gasteiger partial charge in [-0.15, -0.1) is 0 Å². The molecule has 1 aromatic heterocycles. The van der Waals surface area contributed by atoms with Crippen LogP contribution in [-0.4, -0.2) is 17.0 Å². The molecule has 1 heterocycles. The molecule has 1 fully saturated rings. The number of anilines is 1. The molecule has 4 atom stereocenters. The number of hydrogen-bond donors (Lipinski definition) is 2. The van der Waals surface area contributed by atoms with Gasteiger partial charge in [0.1, 0.15) is 11.5 Å². The minimum Gasteiger partial charge on any atom is -0.481 e. The van der Waals surface area contributed by atoms with E-state index in [-0.39, 0.29) is 17.7 Å². The van der Waals surface area contributed by atoms with Crippen LogP contribution < -0.4 is 5.32 Å². The number of furan rings is 1. The molecule has 2 bridgehead atoms. The van der Waals surface area contributed by atoms with Crippen LogP contribution in [0.4, 0.5) is 5.69 Å². The van der Waals surface area contributed by atoms with Gasteiger partial charge in [0, 0.05) is 11.3 Å². The number of allylic oxidation sites excluding steroid dienone is 2. The zero-order valence-electron chi connectivity index (χ0n) is 13.8. The molecular formula is C20H19NO4. The summed E-state index contributed by atoms with van der Waals surface area (Å²) in [5, 5.41) is 12.4. The number of carbonyl (C=O) groups is 2. The highest BCUT2D eigenvalue weighted by atomic mass is 16.4. The van der Waals surface area contributed by atoms with Crippen molar-refractivity contribution in [2.75, 3.05) is 5.32 Å². The number of fused-ring (bicyclic) bond motifs is 2. The Morgan fingerprint density at radius 2 is 1.88 bits per heavy atom. The van der Waals surface area contributed by atoms with Crippen LogP contribution in [0.3, 0.4) is 0 Å². The lowest BCUT2D eigenvalue weighted by molar-refractivity contribution is -0.146. The molecule has 2 aliphatic rings. The number of carboxylic acids is 1. The molecule has 5 nitrogen and oxygen atoms in total. The first-order chi connectivity index (χ1) is 12.0. The standard InChI is InChI=1S/C20H19NO4/c1-11-5-8-16(25-11)12-3-2-4-15(10-12)21-19(22)17-13-6-7-14(9-13)18(17)20(23)24/h2-8,10,13-14,17-18H,9H2,1H3,(H,21,22)(H,23,24)/t13-,14+,17+,18-/m0/s1. The van der Waals surface area contributed by atoms with Crippen LogP contribution in [-0.2, 0) is 9.59 Å². The van der Waals surface area contributed by atoms with Gasteiger partial charge in [0.2, 0.25) is 5.91 Å². The van der Waals surface area contributed by atoms with E-state index in [4.69, 9.17) is 4.42 Å². The Hall–Kier alpha value is -2.82. The quantitative estimate of drug-likeness (QED) is 0.834. The van der Waals surface area contributed by atoms with Crippen molar-refractivity contribution in [1.82, 2.24) is 0 Å². The average Bonchev–Trinajstić information content (AvgIpc) is 3.30. The molecule has 2 N–H and O–H groups in total. The van der Waals surface area contributed by atoms with E-state index in [2.05, 4.69) is 5.32 Å². The lowest BCUT2D eigenvalue weighted by atomic mass is 9.82. The molecule has 1 amide bonds. The molecule has 128 valence electrons. The first-order valence-corrected chi connectivity index (χ1v) is 8.42. The van der Waals surface area contributed by atoms with Gasteiger partial charge in [0.25, 0.3) is 0 Å². The Balaban J connectivity index is 1.55. The summed E-state index contributed by atoms with van der Waals surface area (Å²) < 4.78 is 5.62. The smallest absolute Gasteiger partial charge is 0.307 e. The van der Waals surface area contributed by atoms with Crippen molar-refractivity contribution < 1.29 is 19.1 Å². The Bertz CT molecular complexity index is 866. The van der Waals surface area contributed by atoms with Gasteiger partial charge >= 0.3 is 5.97 Å². The number of benzene rings is 1. The van der Waals surface area contributed by atoms with E-state index >= 15 is 0 Å². The third-order valence-electron chi connectivity index (χ3n) is 5.20. The highest BCUT2D eigenvalue weighted by molar-refractivity contribution is 5.96. The fraction of sp³-hybridized carbons (Fsp3) is 0.300. The van der Waals surface area contributed by atoms with Gasteiger partial charge in [0.15, 0.2) is 0 Å². The monoisotopic (exact) mass is 337 g/mol. The minimum atomic E-state index is -0.892. The third-order valence-corrected chi connectivity index (χ3v) is 5.20. The van der Waals surface area contributed by atoms with Gasteiger partial charge in [-0.3, -0.25) is 9.59 Å². The Kier molecular flexibility index (Phi) is 3.71. The summed E-state index contributed by atoms with van der Waals surface area (Å²) in [7, 11) is 0. The molecule has 0 saturated heterocycles. The fourth-order valence-corrected chi connectivity index (χ4v) is 4.08. The number of amides is 1. The van der Waals surface area contributed by atoms with Crippen LogP contribution >= 0.6 is 0 Å². The molecular weight excluding hydrogens is 318 g/mol. The highest BCUT2D eigenvalue weighted by Crippen LogP contribution is 2.48. The summed E-state index contributed by atoms with van der Waals surface area (Å²) in [6.07, 6.45) is 4.67. The molecule has 4 rings (SSSR count). The number of rotatable bonds is 4. The molecule has 2 aliphatic carbocycles. The summed E-state index contributed by atoms with van der Waals surface area (Å²) in [6.45, 7) is 1.88. The Morgan fingerprint density at radius 1 is 1.12 bits per heavy atom. The van der Waals surface area contributed by atoms with Gasteiger partial charge in [-0.25, -0.2) is 0 Å². The van der Waals surface area contributed by atoms with Gasteiger partial charge in [-0.2, -0.15) is 0 Å².